The van der Waals surface area contributed by atoms with Gasteiger partial charge >= 0.3 is 6.36 Å². The zero-order valence-electron chi connectivity index (χ0n) is 19.3. The van der Waals surface area contributed by atoms with E-state index in [-0.39, 0.29) is 21.6 Å². The number of amides is 2. The highest BCUT2D eigenvalue weighted by Gasteiger charge is 2.51. The van der Waals surface area contributed by atoms with E-state index in [9.17, 15) is 36.4 Å². The van der Waals surface area contributed by atoms with E-state index in [0.717, 1.165) is 23.9 Å². The Labute approximate surface area is 209 Å². The van der Waals surface area contributed by atoms with Gasteiger partial charge in [0.1, 0.15) is 17.2 Å². The molecule has 0 radical (unpaired) electrons. The summed E-state index contributed by atoms with van der Waals surface area (Å²) < 4.78 is 71.6. The number of hydroxylamine groups is 1. The molecule has 2 amide bonds. The van der Waals surface area contributed by atoms with Crippen LogP contribution in [0.5, 0.6) is 17.2 Å². The van der Waals surface area contributed by atoms with E-state index in [1.807, 2.05) is 0 Å². The van der Waals surface area contributed by atoms with Crippen LogP contribution in [-0.2, 0) is 14.6 Å². The van der Waals surface area contributed by atoms with E-state index in [1.54, 1.807) is 13.8 Å². The molecular formula is C22H23F3N2O7S2. The summed E-state index contributed by atoms with van der Waals surface area (Å²) in [5, 5.41) is 8.90. The molecule has 0 bridgehead atoms. The third-order valence-electron chi connectivity index (χ3n) is 5.47. The van der Waals surface area contributed by atoms with Gasteiger partial charge in [-0.1, -0.05) is 11.8 Å². The molecule has 3 rings (SSSR count). The van der Waals surface area contributed by atoms with Gasteiger partial charge < -0.3 is 14.4 Å². The van der Waals surface area contributed by atoms with Crippen molar-refractivity contribution in [1.82, 2.24) is 10.4 Å². The molecule has 1 heterocycles. The minimum Gasteiger partial charge on any atom is -0.457 e. The molecule has 0 unspecified atom stereocenters. The molecule has 36 heavy (non-hydrogen) atoms. The van der Waals surface area contributed by atoms with Crippen LogP contribution in [0.15, 0.2) is 53.4 Å². The lowest BCUT2D eigenvalue weighted by atomic mass is 9.89. The Morgan fingerprint density at radius 1 is 1.11 bits per heavy atom. The van der Waals surface area contributed by atoms with Crippen LogP contribution >= 0.6 is 11.8 Å². The van der Waals surface area contributed by atoms with Crippen LogP contribution in [0.4, 0.5) is 18.0 Å². The average Bonchev–Trinajstić information content (AvgIpc) is 2.98. The number of alkyl halides is 3. The van der Waals surface area contributed by atoms with E-state index >= 15 is 0 Å². The van der Waals surface area contributed by atoms with Crippen molar-refractivity contribution < 1.29 is 45.9 Å². The zero-order chi connectivity index (χ0) is 26.9. The Hall–Kier alpha value is -2.97. The molecule has 0 spiro atoms. The summed E-state index contributed by atoms with van der Waals surface area (Å²) in [6.07, 6.45) is -4.82. The van der Waals surface area contributed by atoms with Gasteiger partial charge in [-0.3, -0.25) is 14.8 Å². The molecule has 1 aliphatic heterocycles. The third-order valence-corrected chi connectivity index (χ3v) is 8.49. The Kier molecular flexibility index (Phi) is 7.81. The maximum Gasteiger partial charge on any atom is 0.573 e. The minimum absolute atomic E-state index is 0.128. The first-order chi connectivity index (χ1) is 16.6. The molecule has 1 fully saturated rings. The lowest BCUT2D eigenvalue weighted by Gasteiger charge is -2.34. The molecule has 2 N–H and O–H groups in total. The molecule has 0 aliphatic carbocycles. The van der Waals surface area contributed by atoms with E-state index in [2.05, 4.69) is 4.74 Å². The number of carbonyl (C=O) groups excluding carboxylic acids is 2. The molecule has 2 aromatic carbocycles. The second-order valence-electron chi connectivity index (χ2n) is 8.48. The number of nitrogens with one attached hydrogen (secondary N) is 1. The first-order valence-corrected chi connectivity index (χ1v) is 12.9. The van der Waals surface area contributed by atoms with Crippen LogP contribution in [0.3, 0.4) is 0 Å². The monoisotopic (exact) mass is 548 g/mol. The van der Waals surface area contributed by atoms with Gasteiger partial charge in [0.05, 0.1) is 22.6 Å². The van der Waals surface area contributed by atoms with Gasteiger partial charge in [-0.2, -0.15) is 0 Å². The van der Waals surface area contributed by atoms with Crippen molar-refractivity contribution in [1.29, 1.82) is 0 Å². The largest absolute Gasteiger partial charge is 0.573 e. The number of halogens is 3. The van der Waals surface area contributed by atoms with Crippen LogP contribution in [0.25, 0.3) is 0 Å². The Morgan fingerprint density at radius 3 is 2.06 bits per heavy atom. The van der Waals surface area contributed by atoms with Crippen LogP contribution in [-0.4, -0.2) is 59.6 Å². The summed E-state index contributed by atoms with van der Waals surface area (Å²) >= 11 is 0.974. The highest BCUT2D eigenvalue weighted by atomic mass is 32.2. The Balaban J connectivity index is 1.76. The van der Waals surface area contributed by atoms with E-state index in [4.69, 9.17) is 4.74 Å². The molecule has 0 aromatic heterocycles. The zero-order valence-corrected chi connectivity index (χ0v) is 20.9. The summed E-state index contributed by atoms with van der Waals surface area (Å²) in [7, 11) is -2.59. The summed E-state index contributed by atoms with van der Waals surface area (Å²) in [4.78, 5) is 25.8. The SMILES string of the molecule is CN1C(=O)SC(C)(C)[C@@H]1[C@H](CS(=O)(=O)c1ccc(Oc2ccc(OC(F)(F)F)cc2)cc1)C(=O)NO. The predicted octanol–water partition coefficient (Wildman–Crippen LogP) is 4.22. The number of nitrogens with zero attached hydrogens (tertiary/aromatic N) is 1. The summed E-state index contributed by atoms with van der Waals surface area (Å²) in [5.41, 5.74) is 1.50. The lowest BCUT2D eigenvalue weighted by molar-refractivity contribution is -0.274. The molecule has 2 aromatic rings. The van der Waals surface area contributed by atoms with E-state index in [1.165, 1.54) is 53.8 Å². The maximum atomic E-state index is 13.1. The fourth-order valence-electron chi connectivity index (χ4n) is 3.98. The Bertz CT molecular complexity index is 1220. The summed E-state index contributed by atoms with van der Waals surface area (Å²) in [6, 6.07) is 9.04. The van der Waals surface area contributed by atoms with Crippen molar-refractivity contribution in [2.45, 2.75) is 35.9 Å². The van der Waals surface area contributed by atoms with E-state index < -0.39 is 50.3 Å². The van der Waals surface area contributed by atoms with Gasteiger partial charge in [0.25, 0.3) is 5.24 Å². The molecule has 1 saturated heterocycles. The first kappa shape index (κ1) is 27.6. The van der Waals surface area contributed by atoms with Crippen molar-refractivity contribution in [3.8, 4) is 17.2 Å². The molecule has 14 heteroatoms. The summed E-state index contributed by atoms with van der Waals surface area (Å²) in [6.45, 7) is 3.42. The molecule has 196 valence electrons. The number of carbonyl (C=O) groups is 2. The molecule has 1 aliphatic rings. The van der Waals surface area contributed by atoms with Crippen molar-refractivity contribution in [2.24, 2.45) is 5.92 Å². The van der Waals surface area contributed by atoms with Gasteiger partial charge in [-0.05, 0) is 62.4 Å². The van der Waals surface area contributed by atoms with Gasteiger partial charge in [0.15, 0.2) is 9.84 Å². The second-order valence-corrected chi connectivity index (χ2v) is 12.1. The fourth-order valence-corrected chi connectivity index (χ4v) is 6.68. The maximum absolute atomic E-state index is 13.1. The number of benzene rings is 2. The standard InChI is InChI=1S/C22H23F3N2O7S2/c1-21(2)18(27(3)20(29)35-21)17(19(28)26-30)12-36(31,32)16-10-8-14(9-11-16)33-13-4-6-15(7-5-13)34-22(23,24)25/h4-11,17-18,30H,12H2,1-3H3,(H,26,28)/t17-,18-/m0/s1. The number of hydrogen-bond donors (Lipinski definition) is 2. The smallest absolute Gasteiger partial charge is 0.457 e. The van der Waals surface area contributed by atoms with Gasteiger partial charge in [0, 0.05) is 11.8 Å². The molecule has 0 saturated carbocycles. The van der Waals surface area contributed by atoms with E-state index in [0.29, 0.717) is 0 Å². The van der Waals surface area contributed by atoms with Gasteiger partial charge in [-0.15, -0.1) is 13.2 Å². The van der Waals surface area contributed by atoms with Crippen LogP contribution in [0.2, 0.25) is 0 Å². The normalized spacial score (nSPS) is 18.6. The predicted molar refractivity (Wildman–Crippen MR) is 124 cm³/mol. The average molecular weight is 549 g/mol. The van der Waals surface area contributed by atoms with Crippen LogP contribution in [0, 0.1) is 5.92 Å². The second kappa shape index (κ2) is 10.2. The van der Waals surface area contributed by atoms with Crippen LogP contribution in [0.1, 0.15) is 13.8 Å². The molecular weight excluding hydrogens is 525 g/mol. The third kappa shape index (κ3) is 6.42. The highest BCUT2D eigenvalue weighted by Crippen LogP contribution is 2.44. The van der Waals surface area contributed by atoms with Gasteiger partial charge in [-0.25, -0.2) is 13.9 Å². The lowest BCUT2D eigenvalue weighted by Crippen LogP contribution is -2.52. The van der Waals surface area contributed by atoms with Crippen molar-refractivity contribution in [2.75, 3.05) is 12.8 Å². The topological polar surface area (TPSA) is 122 Å². The molecule has 9 nitrogen and oxygen atoms in total. The van der Waals surface area contributed by atoms with Crippen molar-refractivity contribution in [3.05, 3.63) is 48.5 Å². The number of rotatable bonds is 8. The summed E-state index contributed by atoms with van der Waals surface area (Å²) in [5.74, 6) is -2.89. The van der Waals surface area contributed by atoms with Crippen molar-refractivity contribution >= 4 is 32.7 Å². The van der Waals surface area contributed by atoms with Crippen molar-refractivity contribution in [3.63, 3.8) is 0 Å². The van der Waals surface area contributed by atoms with Crippen LogP contribution < -0.4 is 15.0 Å². The highest BCUT2D eigenvalue weighted by molar-refractivity contribution is 8.15. The molecule has 2 atom stereocenters. The Morgan fingerprint density at radius 2 is 1.61 bits per heavy atom. The van der Waals surface area contributed by atoms with Gasteiger partial charge in [0.2, 0.25) is 5.91 Å². The number of thioether (sulfide) groups is 1. The number of ether oxygens (including phenoxy) is 2. The quantitative estimate of drug-likeness (QED) is 0.372. The minimum atomic E-state index is -4.82. The number of hydrogen-bond acceptors (Lipinski definition) is 8. The fraction of sp³-hybridized carbons (Fsp3) is 0.364. The first-order valence-electron chi connectivity index (χ1n) is 10.4. The number of sulfone groups is 1.